The van der Waals surface area contributed by atoms with Crippen molar-refractivity contribution in [1.29, 1.82) is 0 Å². The number of amides is 2. The van der Waals surface area contributed by atoms with E-state index < -0.39 is 18.1 Å². The molecule has 0 radical (unpaired) electrons. The number of methoxy groups -OCH3 is 1. The van der Waals surface area contributed by atoms with Crippen molar-refractivity contribution in [2.45, 2.75) is 20.0 Å². The molecule has 1 atom stereocenters. The zero-order valence-corrected chi connectivity index (χ0v) is 11.2. The molecule has 1 aromatic rings. The van der Waals surface area contributed by atoms with E-state index >= 15 is 0 Å². The Morgan fingerprint density at radius 2 is 2.05 bits per heavy atom. The monoisotopic (exact) mass is 266 g/mol. The Labute approximate surface area is 111 Å². The van der Waals surface area contributed by atoms with Crippen molar-refractivity contribution in [3.63, 3.8) is 0 Å². The number of urea groups is 1. The molecule has 0 saturated carbocycles. The van der Waals surface area contributed by atoms with Crippen molar-refractivity contribution in [1.82, 2.24) is 5.32 Å². The van der Waals surface area contributed by atoms with Crippen LogP contribution in [0.2, 0.25) is 0 Å². The third-order valence-corrected chi connectivity index (χ3v) is 2.86. The number of carboxylic acid groups (broad SMARTS) is 1. The van der Waals surface area contributed by atoms with Gasteiger partial charge in [-0.3, -0.25) is 0 Å². The van der Waals surface area contributed by atoms with Crippen molar-refractivity contribution >= 4 is 17.7 Å². The maximum atomic E-state index is 11.6. The summed E-state index contributed by atoms with van der Waals surface area (Å²) in [6.07, 6.45) is -1.05. The van der Waals surface area contributed by atoms with Crippen LogP contribution in [-0.4, -0.2) is 36.9 Å². The zero-order chi connectivity index (χ0) is 14.4. The molecule has 3 N–H and O–H groups in total. The largest absolute Gasteiger partial charge is 0.479 e. The quantitative estimate of drug-likeness (QED) is 0.754. The second kappa shape index (κ2) is 6.75. The first-order valence-electron chi connectivity index (χ1n) is 5.82. The molecule has 0 heterocycles. The van der Waals surface area contributed by atoms with Gasteiger partial charge in [-0.05, 0) is 31.0 Å². The van der Waals surface area contributed by atoms with Crippen LogP contribution in [0.3, 0.4) is 0 Å². The summed E-state index contributed by atoms with van der Waals surface area (Å²) in [5, 5.41) is 13.9. The van der Waals surface area contributed by atoms with E-state index in [9.17, 15) is 9.59 Å². The maximum Gasteiger partial charge on any atom is 0.334 e. The summed E-state index contributed by atoms with van der Waals surface area (Å²) in [6, 6.07) is 5.11. The van der Waals surface area contributed by atoms with Gasteiger partial charge in [-0.15, -0.1) is 0 Å². The van der Waals surface area contributed by atoms with Crippen LogP contribution < -0.4 is 10.6 Å². The number of hydrogen-bond donors (Lipinski definition) is 3. The Kier molecular flexibility index (Phi) is 5.32. The topological polar surface area (TPSA) is 87.7 Å². The molecule has 104 valence electrons. The summed E-state index contributed by atoms with van der Waals surface area (Å²) in [6.45, 7) is 3.76. The Morgan fingerprint density at radius 3 is 2.63 bits per heavy atom. The van der Waals surface area contributed by atoms with Gasteiger partial charge in [-0.25, -0.2) is 9.59 Å². The lowest BCUT2D eigenvalue weighted by atomic mass is 10.1. The summed E-state index contributed by atoms with van der Waals surface area (Å²) < 4.78 is 4.71. The van der Waals surface area contributed by atoms with Gasteiger partial charge in [0.2, 0.25) is 0 Å². The van der Waals surface area contributed by atoms with E-state index in [1.807, 2.05) is 26.0 Å². The number of benzene rings is 1. The molecule has 0 spiro atoms. The number of nitrogens with one attached hydrogen (secondary N) is 2. The average molecular weight is 266 g/mol. The number of hydrogen-bond acceptors (Lipinski definition) is 3. The number of aryl methyl sites for hydroxylation is 1. The molecule has 0 aliphatic carbocycles. The smallest absolute Gasteiger partial charge is 0.334 e. The molecule has 0 aliphatic rings. The van der Waals surface area contributed by atoms with Crippen LogP contribution in [0.5, 0.6) is 0 Å². The van der Waals surface area contributed by atoms with Gasteiger partial charge in [-0.2, -0.15) is 0 Å². The van der Waals surface area contributed by atoms with Crippen molar-refractivity contribution in [3.05, 3.63) is 29.3 Å². The van der Waals surface area contributed by atoms with Gasteiger partial charge in [0.25, 0.3) is 0 Å². The predicted octanol–water partition coefficient (Wildman–Crippen LogP) is 1.52. The highest BCUT2D eigenvalue weighted by Gasteiger charge is 2.17. The Hall–Kier alpha value is -2.08. The minimum Gasteiger partial charge on any atom is -0.479 e. The minimum absolute atomic E-state index is 0.0947. The van der Waals surface area contributed by atoms with E-state index in [0.717, 1.165) is 11.1 Å². The molecular formula is C13H18N2O4. The molecule has 1 rings (SSSR count). The van der Waals surface area contributed by atoms with Crippen LogP contribution >= 0.6 is 0 Å². The molecule has 6 nitrogen and oxygen atoms in total. The third-order valence-electron chi connectivity index (χ3n) is 2.86. The number of anilines is 1. The van der Waals surface area contributed by atoms with Gasteiger partial charge in [0.15, 0.2) is 6.10 Å². The Balaban J connectivity index is 2.56. The van der Waals surface area contributed by atoms with Gasteiger partial charge in [0.05, 0.1) is 6.54 Å². The van der Waals surface area contributed by atoms with Crippen molar-refractivity contribution in [2.24, 2.45) is 0 Å². The number of rotatable bonds is 5. The summed E-state index contributed by atoms with van der Waals surface area (Å²) in [4.78, 5) is 22.4. The molecule has 0 fully saturated rings. The highest BCUT2D eigenvalue weighted by Crippen LogP contribution is 2.17. The number of carbonyl (C=O) groups excluding carboxylic acids is 1. The Bertz CT molecular complexity index is 474. The molecule has 0 saturated heterocycles. The van der Waals surface area contributed by atoms with Crippen LogP contribution in [0.1, 0.15) is 11.1 Å². The lowest BCUT2D eigenvalue weighted by Gasteiger charge is -2.14. The molecule has 2 amide bonds. The van der Waals surface area contributed by atoms with Gasteiger partial charge < -0.3 is 20.5 Å². The van der Waals surface area contributed by atoms with Crippen molar-refractivity contribution in [3.8, 4) is 0 Å². The molecule has 6 heteroatoms. The SMILES string of the molecule is COC(CNC(=O)Nc1cccc(C)c1C)C(=O)O. The van der Waals surface area contributed by atoms with E-state index in [2.05, 4.69) is 10.6 Å². The lowest BCUT2D eigenvalue weighted by molar-refractivity contribution is -0.147. The highest BCUT2D eigenvalue weighted by molar-refractivity contribution is 5.90. The second-order valence-corrected chi connectivity index (χ2v) is 4.15. The van der Waals surface area contributed by atoms with Crippen LogP contribution in [-0.2, 0) is 9.53 Å². The first-order valence-corrected chi connectivity index (χ1v) is 5.82. The summed E-state index contributed by atoms with van der Waals surface area (Å²) in [5.74, 6) is -1.12. The van der Waals surface area contributed by atoms with Gasteiger partial charge in [0, 0.05) is 12.8 Å². The van der Waals surface area contributed by atoms with Crippen LogP contribution in [0.25, 0.3) is 0 Å². The van der Waals surface area contributed by atoms with Crippen molar-refractivity contribution < 1.29 is 19.4 Å². The van der Waals surface area contributed by atoms with Crippen LogP contribution in [0, 0.1) is 13.8 Å². The standard InChI is InChI=1S/C13H18N2O4/c1-8-5-4-6-10(9(8)2)15-13(18)14-7-11(19-3)12(16)17/h4-6,11H,7H2,1-3H3,(H,16,17)(H2,14,15,18). The normalized spacial score (nSPS) is 11.7. The van der Waals surface area contributed by atoms with Crippen LogP contribution in [0.4, 0.5) is 10.5 Å². The summed E-state index contributed by atoms with van der Waals surface area (Å²) in [7, 11) is 1.28. The first kappa shape index (κ1) is 15.0. The number of carbonyl (C=O) groups is 2. The molecule has 1 aromatic carbocycles. The fourth-order valence-electron chi connectivity index (χ4n) is 1.51. The van der Waals surface area contributed by atoms with E-state index in [0.29, 0.717) is 5.69 Å². The molecule has 19 heavy (non-hydrogen) atoms. The van der Waals surface area contributed by atoms with E-state index in [1.54, 1.807) is 6.07 Å². The third kappa shape index (κ3) is 4.26. The predicted molar refractivity (Wildman–Crippen MR) is 71.4 cm³/mol. The Morgan fingerprint density at radius 1 is 1.37 bits per heavy atom. The van der Waals surface area contributed by atoms with Gasteiger partial charge in [0.1, 0.15) is 0 Å². The number of carboxylic acids is 1. The maximum absolute atomic E-state index is 11.6. The second-order valence-electron chi connectivity index (χ2n) is 4.15. The number of ether oxygens (including phenoxy) is 1. The summed E-state index contributed by atoms with van der Waals surface area (Å²) >= 11 is 0. The van der Waals surface area contributed by atoms with Gasteiger partial charge in [-0.1, -0.05) is 12.1 Å². The van der Waals surface area contributed by atoms with Crippen LogP contribution in [0.15, 0.2) is 18.2 Å². The lowest BCUT2D eigenvalue weighted by Crippen LogP contribution is -2.39. The molecular weight excluding hydrogens is 248 g/mol. The highest BCUT2D eigenvalue weighted by atomic mass is 16.5. The van der Waals surface area contributed by atoms with Crippen molar-refractivity contribution in [2.75, 3.05) is 19.0 Å². The molecule has 0 aromatic heterocycles. The summed E-state index contributed by atoms with van der Waals surface area (Å²) in [5.41, 5.74) is 2.74. The fourth-order valence-corrected chi connectivity index (χ4v) is 1.51. The van der Waals surface area contributed by atoms with Gasteiger partial charge >= 0.3 is 12.0 Å². The first-order chi connectivity index (χ1) is 8.95. The minimum atomic E-state index is -1.12. The van der Waals surface area contributed by atoms with E-state index in [-0.39, 0.29) is 6.54 Å². The molecule has 0 aliphatic heterocycles. The van der Waals surface area contributed by atoms with E-state index in [1.165, 1.54) is 7.11 Å². The zero-order valence-electron chi connectivity index (χ0n) is 11.2. The number of aliphatic carboxylic acids is 1. The van der Waals surface area contributed by atoms with E-state index in [4.69, 9.17) is 9.84 Å². The fraction of sp³-hybridized carbons (Fsp3) is 0.385. The molecule has 1 unspecified atom stereocenters. The average Bonchev–Trinajstić information content (AvgIpc) is 2.35. The molecule has 0 bridgehead atoms.